The number of amides is 1. The van der Waals surface area contributed by atoms with Gasteiger partial charge in [0.15, 0.2) is 6.29 Å². The second-order valence-corrected chi connectivity index (χ2v) is 10.7. The molecule has 1 aliphatic heterocycles. The number of benzene rings is 1. The van der Waals surface area contributed by atoms with E-state index in [9.17, 15) is 13.2 Å². The van der Waals surface area contributed by atoms with Crippen LogP contribution in [-0.2, 0) is 30.1 Å². The minimum atomic E-state index is -3.64. The molecule has 0 saturated carbocycles. The molecule has 1 aromatic carbocycles. The summed E-state index contributed by atoms with van der Waals surface area (Å²) in [7, 11) is -3.64. The van der Waals surface area contributed by atoms with Crippen molar-refractivity contribution >= 4 is 22.0 Å². The van der Waals surface area contributed by atoms with Crippen LogP contribution >= 0.6 is 0 Å². The Hall–Kier alpha value is -2.59. The summed E-state index contributed by atoms with van der Waals surface area (Å²) in [6, 6.07) is 12.9. The number of ether oxygens (including phenoxy) is 1. The van der Waals surface area contributed by atoms with E-state index >= 15 is 0 Å². The van der Waals surface area contributed by atoms with Gasteiger partial charge in [0.1, 0.15) is 0 Å². The zero-order valence-electron chi connectivity index (χ0n) is 20.8. The van der Waals surface area contributed by atoms with Gasteiger partial charge in [0.2, 0.25) is 15.9 Å². The lowest BCUT2D eigenvalue weighted by Gasteiger charge is -2.29. The number of pyridine rings is 1. The van der Waals surface area contributed by atoms with Crippen LogP contribution in [0.25, 0.3) is 6.08 Å². The van der Waals surface area contributed by atoms with Crippen LogP contribution in [0.5, 0.6) is 0 Å². The summed E-state index contributed by atoms with van der Waals surface area (Å²) < 4.78 is 32.9. The molecule has 3 rings (SSSR count). The fourth-order valence-corrected chi connectivity index (χ4v) is 5.24. The molecule has 1 aliphatic rings. The summed E-state index contributed by atoms with van der Waals surface area (Å²) in [6.45, 7) is 1.49. The van der Waals surface area contributed by atoms with E-state index in [0.717, 1.165) is 54.1 Å². The fraction of sp³-hybridized carbons (Fsp3) is 0.481. The molecule has 196 valence electrons. The third kappa shape index (κ3) is 10.6. The largest absolute Gasteiger partial charge is 0.353 e. The summed E-state index contributed by atoms with van der Waals surface area (Å²) in [5.41, 5.74) is 1.61. The molecule has 1 unspecified atom stereocenters. The number of aromatic nitrogens is 1. The van der Waals surface area contributed by atoms with E-state index in [1.54, 1.807) is 30.6 Å². The van der Waals surface area contributed by atoms with Gasteiger partial charge >= 0.3 is 0 Å². The van der Waals surface area contributed by atoms with Gasteiger partial charge in [-0.25, -0.2) is 8.42 Å². The number of carbonyl (C=O) groups excluding carboxylic acids is 1. The van der Waals surface area contributed by atoms with Gasteiger partial charge in [-0.15, -0.1) is 0 Å². The fourth-order valence-electron chi connectivity index (χ4n) is 3.85. The number of nitrogens with one attached hydrogen (secondary N) is 1. The average Bonchev–Trinajstić information content (AvgIpc) is 2.89. The minimum absolute atomic E-state index is 0.102. The first kappa shape index (κ1) is 28.0. The Morgan fingerprint density at radius 3 is 2.64 bits per heavy atom. The van der Waals surface area contributed by atoms with Crippen molar-refractivity contribution < 1.29 is 22.8 Å². The lowest BCUT2D eigenvalue weighted by Crippen LogP contribution is -2.38. The monoisotopic (exact) mass is 515 g/mol. The van der Waals surface area contributed by atoms with Crippen LogP contribution in [0.2, 0.25) is 0 Å². The predicted molar refractivity (Wildman–Crippen MR) is 140 cm³/mol. The van der Waals surface area contributed by atoms with E-state index in [-0.39, 0.29) is 11.7 Å². The molecule has 1 aromatic heterocycles. The Morgan fingerprint density at radius 2 is 1.89 bits per heavy atom. The van der Waals surface area contributed by atoms with Crippen molar-refractivity contribution in [2.45, 2.75) is 63.4 Å². The van der Waals surface area contributed by atoms with E-state index in [1.807, 2.05) is 30.3 Å². The number of rotatable bonds is 15. The Balaban J connectivity index is 1.36. The van der Waals surface area contributed by atoms with Crippen LogP contribution in [0.15, 0.2) is 60.9 Å². The van der Waals surface area contributed by atoms with Crippen LogP contribution in [0, 0.1) is 0 Å². The highest BCUT2D eigenvalue weighted by molar-refractivity contribution is 7.88. The summed E-state index contributed by atoms with van der Waals surface area (Å²) in [6.07, 6.45) is 13.1. The third-order valence-electron chi connectivity index (χ3n) is 5.80. The summed E-state index contributed by atoms with van der Waals surface area (Å²) >= 11 is 0. The number of unbranched alkanes of at least 4 members (excludes halogenated alkanes) is 4. The summed E-state index contributed by atoms with van der Waals surface area (Å²) in [5.74, 6) is -0.227. The average molecular weight is 516 g/mol. The Kier molecular flexibility index (Phi) is 12.1. The molecule has 2 heterocycles. The van der Waals surface area contributed by atoms with Crippen molar-refractivity contribution in [1.82, 2.24) is 14.8 Å². The number of hydrogen-bond acceptors (Lipinski definition) is 6. The Bertz CT molecular complexity index is 1030. The highest BCUT2D eigenvalue weighted by Gasteiger charge is 2.28. The van der Waals surface area contributed by atoms with Crippen LogP contribution in [0.3, 0.4) is 0 Å². The van der Waals surface area contributed by atoms with Gasteiger partial charge in [0, 0.05) is 44.6 Å². The number of hydrogen-bond donors (Lipinski definition) is 1. The number of sulfonamides is 1. The van der Waals surface area contributed by atoms with Crippen molar-refractivity contribution in [3.05, 3.63) is 72.1 Å². The maximum absolute atomic E-state index is 13.1. The predicted octanol–water partition coefficient (Wildman–Crippen LogP) is 4.45. The van der Waals surface area contributed by atoms with Gasteiger partial charge in [-0.3, -0.25) is 14.6 Å². The summed E-state index contributed by atoms with van der Waals surface area (Å²) in [4.78, 5) is 21.7. The molecular formula is C27H37N3O5S. The zero-order chi connectivity index (χ0) is 25.5. The van der Waals surface area contributed by atoms with Crippen LogP contribution in [-0.4, -0.2) is 49.8 Å². The normalized spacial score (nSPS) is 16.4. The lowest BCUT2D eigenvalue weighted by molar-refractivity contribution is -0.252. The lowest BCUT2D eigenvalue weighted by atomic mass is 10.1. The van der Waals surface area contributed by atoms with Gasteiger partial charge in [-0.2, -0.15) is 0 Å². The van der Waals surface area contributed by atoms with Crippen LogP contribution in [0.1, 0.15) is 62.5 Å². The molecule has 1 N–H and O–H groups in total. The van der Waals surface area contributed by atoms with Gasteiger partial charge in [-0.1, -0.05) is 60.1 Å². The second kappa shape index (κ2) is 15.5. The molecule has 36 heavy (non-hydrogen) atoms. The standard InChI is InChI=1S/C27H37N3O5S/c31-26(17-16-24-14-11-18-28-22-24)29-19-8-2-1-3-9-20-30(35-27-15-7-10-21-34-27)36(32,33)23-25-12-5-4-6-13-25/h4-6,11-14,16-18,22,27H,1-3,7-10,15,19-21,23H2,(H,29,31)/b17-16+. The first-order chi connectivity index (χ1) is 17.5. The number of nitrogens with zero attached hydrogens (tertiary/aromatic N) is 2. The van der Waals surface area contributed by atoms with E-state index in [1.165, 1.54) is 6.08 Å². The maximum atomic E-state index is 13.1. The van der Waals surface area contributed by atoms with Crippen molar-refractivity contribution in [3.8, 4) is 0 Å². The highest BCUT2D eigenvalue weighted by Crippen LogP contribution is 2.20. The van der Waals surface area contributed by atoms with E-state index in [4.69, 9.17) is 9.57 Å². The zero-order valence-corrected chi connectivity index (χ0v) is 21.6. The van der Waals surface area contributed by atoms with Crippen molar-refractivity contribution in [2.24, 2.45) is 0 Å². The topological polar surface area (TPSA) is 97.8 Å². The SMILES string of the molecule is O=C(/C=C/c1cccnc1)NCCCCCCCN(OC1CCCCO1)S(=O)(=O)Cc1ccccc1. The molecule has 0 radical (unpaired) electrons. The van der Waals surface area contributed by atoms with Gasteiger partial charge in [0.05, 0.1) is 5.75 Å². The first-order valence-electron chi connectivity index (χ1n) is 12.7. The Morgan fingerprint density at radius 1 is 1.08 bits per heavy atom. The van der Waals surface area contributed by atoms with Crippen molar-refractivity contribution in [1.29, 1.82) is 0 Å². The second-order valence-electron chi connectivity index (χ2n) is 8.85. The van der Waals surface area contributed by atoms with Crippen LogP contribution < -0.4 is 5.32 Å². The van der Waals surface area contributed by atoms with E-state index in [0.29, 0.717) is 32.5 Å². The smallest absolute Gasteiger partial charge is 0.243 e. The minimum Gasteiger partial charge on any atom is -0.353 e. The molecule has 8 nitrogen and oxygen atoms in total. The molecule has 0 aliphatic carbocycles. The van der Waals surface area contributed by atoms with Gasteiger partial charge in [0.25, 0.3) is 0 Å². The first-order valence-corrected chi connectivity index (χ1v) is 14.3. The Labute approximate surface area is 214 Å². The molecule has 1 amide bonds. The van der Waals surface area contributed by atoms with Gasteiger partial charge < -0.3 is 10.1 Å². The molecule has 0 spiro atoms. The molecule has 1 atom stereocenters. The molecule has 1 fully saturated rings. The van der Waals surface area contributed by atoms with E-state index < -0.39 is 16.3 Å². The molecular weight excluding hydrogens is 478 g/mol. The quantitative estimate of drug-likeness (QED) is 0.214. The molecule has 2 aromatic rings. The molecule has 1 saturated heterocycles. The molecule has 9 heteroatoms. The number of carbonyl (C=O) groups is 1. The van der Waals surface area contributed by atoms with E-state index in [2.05, 4.69) is 10.3 Å². The third-order valence-corrected chi connectivity index (χ3v) is 7.39. The van der Waals surface area contributed by atoms with Crippen LogP contribution in [0.4, 0.5) is 0 Å². The maximum Gasteiger partial charge on any atom is 0.243 e. The van der Waals surface area contributed by atoms with Gasteiger partial charge in [-0.05, 0) is 49.0 Å². The number of hydroxylamine groups is 1. The summed E-state index contributed by atoms with van der Waals surface area (Å²) in [5, 5.41) is 2.88. The van der Waals surface area contributed by atoms with Crippen molar-refractivity contribution in [3.63, 3.8) is 0 Å². The molecule has 0 bridgehead atoms. The van der Waals surface area contributed by atoms with Crippen molar-refractivity contribution in [2.75, 3.05) is 19.7 Å². The highest BCUT2D eigenvalue weighted by atomic mass is 32.2.